The first-order valence-corrected chi connectivity index (χ1v) is 7.27. The number of hydrogen-bond acceptors (Lipinski definition) is 3. The van der Waals surface area contributed by atoms with E-state index in [4.69, 9.17) is 17.3 Å². The lowest BCUT2D eigenvalue weighted by atomic mass is 10.2. The number of primary amides is 1. The third kappa shape index (κ3) is 2.64. The molecular formula is C14H10BrClN4O. The van der Waals surface area contributed by atoms with Crippen molar-refractivity contribution in [1.82, 2.24) is 14.5 Å². The van der Waals surface area contributed by atoms with Crippen LogP contribution in [0.1, 0.15) is 0 Å². The van der Waals surface area contributed by atoms with E-state index in [9.17, 15) is 4.79 Å². The molecule has 0 bridgehead atoms. The second-order valence-electron chi connectivity index (χ2n) is 4.48. The van der Waals surface area contributed by atoms with Crippen LogP contribution in [0.3, 0.4) is 0 Å². The Hall–Kier alpha value is -1.92. The molecule has 0 spiro atoms. The van der Waals surface area contributed by atoms with Crippen LogP contribution < -0.4 is 5.73 Å². The van der Waals surface area contributed by atoms with E-state index in [-0.39, 0.29) is 6.54 Å². The largest absolute Gasteiger partial charge is 0.368 e. The summed E-state index contributed by atoms with van der Waals surface area (Å²) in [7, 11) is 0. The first-order valence-electron chi connectivity index (χ1n) is 6.10. The molecular weight excluding hydrogens is 356 g/mol. The fourth-order valence-electron chi connectivity index (χ4n) is 2.14. The van der Waals surface area contributed by atoms with E-state index in [1.807, 2.05) is 12.1 Å². The molecule has 0 saturated carbocycles. The molecule has 0 aliphatic heterocycles. The van der Waals surface area contributed by atoms with Gasteiger partial charge in [0.05, 0.1) is 16.2 Å². The van der Waals surface area contributed by atoms with Crippen molar-refractivity contribution >= 4 is 44.5 Å². The SMILES string of the molecule is NC(=O)Cn1c(-c2ccc(Cl)cc2)nc2c(Br)cncc21. The highest BCUT2D eigenvalue weighted by Gasteiger charge is 2.16. The molecule has 0 fully saturated rings. The molecule has 2 heterocycles. The molecule has 0 unspecified atom stereocenters. The number of nitrogens with two attached hydrogens (primary N) is 1. The number of carbonyl (C=O) groups is 1. The van der Waals surface area contributed by atoms with Crippen molar-refractivity contribution in [3.63, 3.8) is 0 Å². The summed E-state index contributed by atoms with van der Waals surface area (Å²) in [5, 5.41) is 0.638. The summed E-state index contributed by atoms with van der Waals surface area (Å²) in [5.74, 6) is 0.207. The van der Waals surface area contributed by atoms with Gasteiger partial charge in [0.25, 0.3) is 0 Å². The van der Waals surface area contributed by atoms with Crippen LogP contribution in [-0.4, -0.2) is 20.4 Å². The predicted octanol–water partition coefficient (Wildman–Crippen LogP) is 3.00. The van der Waals surface area contributed by atoms with Gasteiger partial charge in [-0.2, -0.15) is 0 Å². The van der Waals surface area contributed by atoms with Crippen molar-refractivity contribution in [1.29, 1.82) is 0 Å². The highest BCUT2D eigenvalue weighted by Crippen LogP contribution is 2.29. The number of hydrogen-bond donors (Lipinski definition) is 1. The number of aromatic nitrogens is 3. The lowest BCUT2D eigenvalue weighted by molar-refractivity contribution is -0.118. The van der Waals surface area contributed by atoms with Crippen LogP contribution in [0, 0.1) is 0 Å². The van der Waals surface area contributed by atoms with Gasteiger partial charge < -0.3 is 10.3 Å². The van der Waals surface area contributed by atoms with Crippen LogP contribution in [0.5, 0.6) is 0 Å². The Kier molecular flexibility index (Phi) is 3.65. The van der Waals surface area contributed by atoms with Crippen molar-refractivity contribution < 1.29 is 4.79 Å². The van der Waals surface area contributed by atoms with Gasteiger partial charge in [0, 0.05) is 16.8 Å². The summed E-state index contributed by atoms with van der Waals surface area (Å²) in [6, 6.07) is 7.25. The highest BCUT2D eigenvalue weighted by molar-refractivity contribution is 9.10. The van der Waals surface area contributed by atoms with Gasteiger partial charge in [-0.15, -0.1) is 0 Å². The Labute approximate surface area is 133 Å². The number of amides is 1. The van der Waals surface area contributed by atoms with Crippen molar-refractivity contribution in [2.75, 3.05) is 0 Å². The summed E-state index contributed by atoms with van der Waals surface area (Å²) >= 11 is 9.33. The van der Waals surface area contributed by atoms with E-state index in [0.29, 0.717) is 10.8 Å². The molecule has 0 saturated heterocycles. The Morgan fingerprint density at radius 1 is 1.29 bits per heavy atom. The summed E-state index contributed by atoms with van der Waals surface area (Å²) < 4.78 is 2.51. The van der Waals surface area contributed by atoms with Crippen molar-refractivity contribution in [2.24, 2.45) is 5.73 Å². The summed E-state index contributed by atoms with van der Waals surface area (Å²) in [5.41, 5.74) is 7.67. The number of fused-ring (bicyclic) bond motifs is 1. The summed E-state index contributed by atoms with van der Waals surface area (Å²) in [6.07, 6.45) is 3.32. The maximum absolute atomic E-state index is 11.4. The van der Waals surface area contributed by atoms with Gasteiger partial charge in [-0.3, -0.25) is 9.78 Å². The van der Waals surface area contributed by atoms with Crippen LogP contribution in [0.2, 0.25) is 5.02 Å². The molecule has 21 heavy (non-hydrogen) atoms. The van der Waals surface area contributed by atoms with Gasteiger partial charge in [-0.1, -0.05) is 11.6 Å². The number of pyridine rings is 1. The normalized spacial score (nSPS) is 11.0. The van der Waals surface area contributed by atoms with Gasteiger partial charge in [0.2, 0.25) is 5.91 Å². The molecule has 1 amide bonds. The average Bonchev–Trinajstić information content (AvgIpc) is 2.80. The van der Waals surface area contributed by atoms with Crippen molar-refractivity contribution in [3.8, 4) is 11.4 Å². The Morgan fingerprint density at radius 2 is 2.00 bits per heavy atom. The minimum atomic E-state index is -0.440. The maximum Gasteiger partial charge on any atom is 0.237 e. The van der Waals surface area contributed by atoms with Gasteiger partial charge >= 0.3 is 0 Å². The molecule has 3 rings (SSSR count). The van der Waals surface area contributed by atoms with Gasteiger partial charge in [0.15, 0.2) is 0 Å². The fourth-order valence-corrected chi connectivity index (χ4v) is 2.68. The van der Waals surface area contributed by atoms with E-state index < -0.39 is 5.91 Å². The Morgan fingerprint density at radius 3 is 2.67 bits per heavy atom. The molecule has 3 aromatic rings. The topological polar surface area (TPSA) is 73.8 Å². The van der Waals surface area contributed by atoms with E-state index in [0.717, 1.165) is 21.1 Å². The van der Waals surface area contributed by atoms with Crippen LogP contribution in [0.15, 0.2) is 41.1 Å². The predicted molar refractivity (Wildman–Crippen MR) is 84.9 cm³/mol. The number of rotatable bonds is 3. The summed E-state index contributed by atoms with van der Waals surface area (Å²) in [4.78, 5) is 20.1. The highest BCUT2D eigenvalue weighted by atomic mass is 79.9. The molecule has 2 N–H and O–H groups in total. The quantitative estimate of drug-likeness (QED) is 0.775. The first-order chi connectivity index (χ1) is 10.1. The van der Waals surface area contributed by atoms with Crippen LogP contribution in [-0.2, 0) is 11.3 Å². The molecule has 5 nitrogen and oxygen atoms in total. The monoisotopic (exact) mass is 364 g/mol. The van der Waals surface area contributed by atoms with E-state index in [1.54, 1.807) is 29.1 Å². The molecule has 7 heteroatoms. The van der Waals surface area contributed by atoms with Gasteiger partial charge in [-0.25, -0.2) is 4.98 Å². The second kappa shape index (κ2) is 5.46. The Balaban J connectivity index is 2.27. The zero-order valence-corrected chi connectivity index (χ0v) is 13.1. The summed E-state index contributed by atoms with van der Waals surface area (Å²) in [6.45, 7) is 0.0343. The standard InChI is InChI=1S/C14H10BrClN4O/c15-10-5-18-6-11-13(10)19-14(20(11)7-12(17)21)8-1-3-9(16)4-2-8/h1-6H,7H2,(H2,17,21). The number of halogens is 2. The number of benzene rings is 1. The first kappa shape index (κ1) is 14.0. The fraction of sp³-hybridized carbons (Fsp3) is 0.0714. The molecule has 0 atom stereocenters. The van der Waals surface area contributed by atoms with Gasteiger partial charge in [-0.05, 0) is 40.2 Å². The van der Waals surface area contributed by atoms with Crippen molar-refractivity contribution in [2.45, 2.75) is 6.54 Å². The minimum absolute atomic E-state index is 0.0343. The van der Waals surface area contributed by atoms with Crippen LogP contribution in [0.4, 0.5) is 0 Å². The van der Waals surface area contributed by atoms with E-state index >= 15 is 0 Å². The molecule has 1 aromatic carbocycles. The second-order valence-corrected chi connectivity index (χ2v) is 5.77. The smallest absolute Gasteiger partial charge is 0.237 e. The molecule has 0 radical (unpaired) electrons. The third-order valence-corrected chi connectivity index (χ3v) is 3.87. The molecule has 0 aliphatic rings. The van der Waals surface area contributed by atoms with Crippen molar-refractivity contribution in [3.05, 3.63) is 46.2 Å². The molecule has 0 aliphatic carbocycles. The lowest BCUT2D eigenvalue weighted by Crippen LogP contribution is -2.19. The maximum atomic E-state index is 11.4. The van der Waals surface area contributed by atoms with E-state index in [1.165, 1.54) is 0 Å². The number of carbonyl (C=O) groups excluding carboxylic acids is 1. The van der Waals surface area contributed by atoms with Crippen LogP contribution in [0.25, 0.3) is 22.4 Å². The lowest BCUT2D eigenvalue weighted by Gasteiger charge is -2.06. The zero-order valence-electron chi connectivity index (χ0n) is 10.8. The molecule has 106 valence electrons. The number of imidazole rings is 1. The third-order valence-electron chi connectivity index (χ3n) is 3.03. The molecule has 2 aromatic heterocycles. The van der Waals surface area contributed by atoms with Gasteiger partial charge in [0.1, 0.15) is 17.9 Å². The van der Waals surface area contributed by atoms with Crippen LogP contribution >= 0.6 is 27.5 Å². The zero-order chi connectivity index (χ0) is 15.0. The number of nitrogens with zero attached hydrogens (tertiary/aromatic N) is 3. The Bertz CT molecular complexity index is 829. The average molecular weight is 366 g/mol. The van der Waals surface area contributed by atoms with E-state index in [2.05, 4.69) is 25.9 Å². The minimum Gasteiger partial charge on any atom is -0.368 e.